The fraction of sp³-hybridized carbons (Fsp3) is 0.588. The zero-order valence-electron chi connectivity index (χ0n) is 14.1. The standard InChI is InChI=1S/C17H28N2O2.ClH/c1-5-10-18-11-12-19-16(20)17(2,3)13-14-8-6-7-9-15(14)21-4;/h6-9,18H,5,10-13H2,1-4H3,(H,19,20);1H. The largest absolute Gasteiger partial charge is 0.496 e. The van der Waals surface area contributed by atoms with Crippen LogP contribution in [0, 0.1) is 5.41 Å². The number of methoxy groups -OCH3 is 1. The number of carbonyl (C=O) groups excluding carboxylic acids is 1. The number of amides is 1. The van der Waals surface area contributed by atoms with Crippen LogP contribution in [0.2, 0.25) is 0 Å². The van der Waals surface area contributed by atoms with Crippen molar-refractivity contribution in [3.63, 3.8) is 0 Å². The number of para-hydroxylation sites is 1. The molecule has 0 radical (unpaired) electrons. The molecule has 0 bridgehead atoms. The van der Waals surface area contributed by atoms with E-state index in [2.05, 4.69) is 17.6 Å². The van der Waals surface area contributed by atoms with Crippen molar-refractivity contribution in [1.29, 1.82) is 0 Å². The Hall–Kier alpha value is -1.26. The van der Waals surface area contributed by atoms with Gasteiger partial charge < -0.3 is 15.4 Å². The van der Waals surface area contributed by atoms with Crippen LogP contribution in [0.4, 0.5) is 0 Å². The molecule has 0 aliphatic carbocycles. The first-order chi connectivity index (χ1) is 10.0. The lowest BCUT2D eigenvalue weighted by Gasteiger charge is -2.24. The predicted molar refractivity (Wildman–Crippen MR) is 93.9 cm³/mol. The van der Waals surface area contributed by atoms with Crippen LogP contribution in [-0.2, 0) is 11.2 Å². The number of carbonyl (C=O) groups is 1. The van der Waals surface area contributed by atoms with Crippen molar-refractivity contribution in [3.05, 3.63) is 29.8 Å². The van der Waals surface area contributed by atoms with Gasteiger partial charge in [-0.2, -0.15) is 0 Å². The number of halogens is 1. The smallest absolute Gasteiger partial charge is 0.226 e. The van der Waals surface area contributed by atoms with Gasteiger partial charge in [-0.05, 0) is 31.0 Å². The first kappa shape index (κ1) is 20.7. The van der Waals surface area contributed by atoms with Crippen molar-refractivity contribution in [2.24, 2.45) is 5.41 Å². The molecule has 126 valence electrons. The van der Waals surface area contributed by atoms with Crippen LogP contribution in [-0.4, -0.2) is 32.7 Å². The first-order valence-corrected chi connectivity index (χ1v) is 7.62. The van der Waals surface area contributed by atoms with Crippen LogP contribution in [0.3, 0.4) is 0 Å². The second-order valence-corrected chi connectivity index (χ2v) is 5.88. The van der Waals surface area contributed by atoms with Crippen molar-refractivity contribution in [2.75, 3.05) is 26.7 Å². The average Bonchev–Trinajstić information content (AvgIpc) is 2.47. The second kappa shape index (κ2) is 10.5. The van der Waals surface area contributed by atoms with E-state index in [1.807, 2.05) is 38.1 Å². The third kappa shape index (κ3) is 6.67. The molecule has 1 rings (SSSR count). The van der Waals surface area contributed by atoms with E-state index < -0.39 is 5.41 Å². The summed E-state index contributed by atoms with van der Waals surface area (Å²) >= 11 is 0. The van der Waals surface area contributed by atoms with Gasteiger partial charge in [0, 0.05) is 18.5 Å². The monoisotopic (exact) mass is 328 g/mol. The maximum atomic E-state index is 12.3. The highest BCUT2D eigenvalue weighted by atomic mass is 35.5. The van der Waals surface area contributed by atoms with Gasteiger partial charge in [-0.1, -0.05) is 39.0 Å². The Kier molecular flexibility index (Phi) is 9.86. The summed E-state index contributed by atoms with van der Waals surface area (Å²) in [5, 5.41) is 6.27. The molecule has 1 aromatic rings. The zero-order chi connectivity index (χ0) is 15.7. The van der Waals surface area contributed by atoms with Crippen LogP contribution < -0.4 is 15.4 Å². The van der Waals surface area contributed by atoms with Gasteiger partial charge in [0.15, 0.2) is 0 Å². The molecular formula is C17H29ClN2O2. The molecule has 0 atom stereocenters. The molecule has 1 aromatic carbocycles. The van der Waals surface area contributed by atoms with Gasteiger partial charge in [-0.25, -0.2) is 0 Å². The van der Waals surface area contributed by atoms with Gasteiger partial charge in [-0.3, -0.25) is 4.79 Å². The minimum Gasteiger partial charge on any atom is -0.496 e. The Morgan fingerprint density at radius 2 is 1.86 bits per heavy atom. The third-order valence-electron chi connectivity index (χ3n) is 3.45. The predicted octanol–water partition coefficient (Wildman–Crippen LogP) is 2.80. The van der Waals surface area contributed by atoms with Gasteiger partial charge in [-0.15, -0.1) is 12.4 Å². The Morgan fingerprint density at radius 1 is 1.18 bits per heavy atom. The third-order valence-corrected chi connectivity index (χ3v) is 3.45. The SMILES string of the molecule is CCCNCCNC(=O)C(C)(C)Cc1ccccc1OC.Cl. The zero-order valence-corrected chi connectivity index (χ0v) is 14.9. The van der Waals surface area contributed by atoms with Crippen molar-refractivity contribution < 1.29 is 9.53 Å². The van der Waals surface area contributed by atoms with E-state index in [1.165, 1.54) is 0 Å². The number of benzene rings is 1. The maximum absolute atomic E-state index is 12.3. The molecule has 0 spiro atoms. The molecule has 5 heteroatoms. The average molecular weight is 329 g/mol. The molecule has 0 saturated carbocycles. The molecule has 0 aliphatic heterocycles. The first-order valence-electron chi connectivity index (χ1n) is 7.62. The lowest BCUT2D eigenvalue weighted by Crippen LogP contribution is -2.41. The minimum atomic E-state index is -0.459. The minimum absolute atomic E-state index is 0. The van der Waals surface area contributed by atoms with E-state index in [4.69, 9.17) is 4.74 Å². The van der Waals surface area contributed by atoms with Gasteiger partial charge in [0.1, 0.15) is 5.75 Å². The summed E-state index contributed by atoms with van der Waals surface area (Å²) in [6.45, 7) is 8.52. The molecule has 0 heterocycles. The number of ether oxygens (including phenoxy) is 1. The normalized spacial score (nSPS) is 10.7. The molecule has 1 amide bonds. The molecule has 0 unspecified atom stereocenters. The Morgan fingerprint density at radius 3 is 2.50 bits per heavy atom. The highest BCUT2D eigenvalue weighted by Gasteiger charge is 2.28. The molecule has 22 heavy (non-hydrogen) atoms. The van der Waals surface area contributed by atoms with E-state index in [-0.39, 0.29) is 18.3 Å². The maximum Gasteiger partial charge on any atom is 0.226 e. The lowest BCUT2D eigenvalue weighted by atomic mass is 9.84. The summed E-state index contributed by atoms with van der Waals surface area (Å²) in [6, 6.07) is 7.85. The summed E-state index contributed by atoms with van der Waals surface area (Å²) in [6.07, 6.45) is 1.76. The molecule has 4 nitrogen and oxygen atoms in total. The van der Waals surface area contributed by atoms with Gasteiger partial charge in [0.2, 0.25) is 5.91 Å². The van der Waals surface area contributed by atoms with E-state index >= 15 is 0 Å². The van der Waals surface area contributed by atoms with Crippen molar-refractivity contribution in [2.45, 2.75) is 33.6 Å². The fourth-order valence-corrected chi connectivity index (χ4v) is 2.21. The Balaban J connectivity index is 0.00000441. The highest BCUT2D eigenvalue weighted by Crippen LogP contribution is 2.27. The number of hydrogen-bond acceptors (Lipinski definition) is 3. The van der Waals surface area contributed by atoms with E-state index in [0.29, 0.717) is 13.0 Å². The van der Waals surface area contributed by atoms with Crippen LogP contribution in [0.25, 0.3) is 0 Å². The lowest BCUT2D eigenvalue weighted by molar-refractivity contribution is -0.129. The molecule has 0 saturated heterocycles. The van der Waals surface area contributed by atoms with Gasteiger partial charge in [0.05, 0.1) is 7.11 Å². The fourth-order valence-electron chi connectivity index (χ4n) is 2.21. The van der Waals surface area contributed by atoms with Crippen LogP contribution in [0.5, 0.6) is 5.75 Å². The molecule has 0 fully saturated rings. The van der Waals surface area contributed by atoms with Crippen LogP contribution in [0.15, 0.2) is 24.3 Å². The van der Waals surface area contributed by atoms with Crippen molar-refractivity contribution in [3.8, 4) is 5.75 Å². The number of rotatable bonds is 9. The number of nitrogens with one attached hydrogen (secondary N) is 2. The van der Waals surface area contributed by atoms with E-state index in [9.17, 15) is 4.79 Å². The summed E-state index contributed by atoms with van der Waals surface area (Å²) in [7, 11) is 1.66. The molecule has 0 aliphatic rings. The quantitative estimate of drug-likeness (QED) is 0.685. The van der Waals surface area contributed by atoms with E-state index in [1.54, 1.807) is 7.11 Å². The van der Waals surface area contributed by atoms with Crippen molar-refractivity contribution in [1.82, 2.24) is 10.6 Å². The van der Waals surface area contributed by atoms with Crippen molar-refractivity contribution >= 4 is 18.3 Å². The highest BCUT2D eigenvalue weighted by molar-refractivity contribution is 5.85. The summed E-state index contributed by atoms with van der Waals surface area (Å²) in [5.41, 5.74) is 0.601. The Bertz CT molecular complexity index is 450. The molecular weight excluding hydrogens is 300 g/mol. The molecule has 2 N–H and O–H groups in total. The summed E-state index contributed by atoms with van der Waals surface area (Å²) < 4.78 is 5.35. The summed E-state index contributed by atoms with van der Waals surface area (Å²) in [4.78, 5) is 12.3. The Labute approximate surface area is 140 Å². The van der Waals surface area contributed by atoms with Crippen LogP contribution in [0.1, 0.15) is 32.8 Å². The number of hydrogen-bond donors (Lipinski definition) is 2. The van der Waals surface area contributed by atoms with Crippen LogP contribution >= 0.6 is 12.4 Å². The summed E-state index contributed by atoms with van der Waals surface area (Å²) in [5.74, 6) is 0.912. The second-order valence-electron chi connectivity index (χ2n) is 5.88. The van der Waals surface area contributed by atoms with Gasteiger partial charge in [0.25, 0.3) is 0 Å². The molecule has 0 aromatic heterocycles. The topological polar surface area (TPSA) is 50.4 Å². The van der Waals surface area contributed by atoms with Gasteiger partial charge >= 0.3 is 0 Å². The van der Waals surface area contributed by atoms with E-state index in [0.717, 1.165) is 30.8 Å².